The fourth-order valence-corrected chi connectivity index (χ4v) is 3.12. The van der Waals surface area contributed by atoms with Gasteiger partial charge in [-0.2, -0.15) is 0 Å². The highest BCUT2D eigenvalue weighted by atomic mass is 19.1. The van der Waals surface area contributed by atoms with Crippen molar-refractivity contribution in [1.82, 2.24) is 4.90 Å². The fraction of sp³-hybridized carbons (Fsp3) is 0.217. The third-order valence-corrected chi connectivity index (χ3v) is 4.70. The standard InChI is InChI=1S/C23H24FNO/c1-18(23(26)21-12-14-22(24)15-13-21)25(16-19-8-4-2-5-9-19)17-20-10-6-3-7-11-20/h2-15,18,23,26H,16-17H2,1H3. The molecule has 0 saturated carbocycles. The minimum atomic E-state index is -0.692. The van der Waals surface area contributed by atoms with Gasteiger partial charge in [-0.1, -0.05) is 72.8 Å². The average molecular weight is 349 g/mol. The summed E-state index contributed by atoms with van der Waals surface area (Å²) in [6.07, 6.45) is -0.692. The number of rotatable bonds is 7. The van der Waals surface area contributed by atoms with Gasteiger partial charge in [0.1, 0.15) is 5.82 Å². The summed E-state index contributed by atoms with van der Waals surface area (Å²) in [6.45, 7) is 3.48. The van der Waals surface area contributed by atoms with E-state index < -0.39 is 6.10 Å². The Bertz CT molecular complexity index is 748. The molecule has 3 heteroatoms. The summed E-state index contributed by atoms with van der Waals surface area (Å²) in [6, 6.07) is 26.4. The van der Waals surface area contributed by atoms with Crippen molar-refractivity contribution in [2.75, 3.05) is 0 Å². The molecule has 0 spiro atoms. The maximum Gasteiger partial charge on any atom is 0.123 e. The molecule has 0 aliphatic rings. The van der Waals surface area contributed by atoms with E-state index in [9.17, 15) is 9.50 Å². The van der Waals surface area contributed by atoms with Crippen LogP contribution in [0.15, 0.2) is 84.9 Å². The Hall–Kier alpha value is -2.49. The molecule has 0 aliphatic heterocycles. The lowest BCUT2D eigenvalue weighted by Crippen LogP contribution is -2.36. The van der Waals surface area contributed by atoms with E-state index in [4.69, 9.17) is 0 Å². The first-order valence-corrected chi connectivity index (χ1v) is 8.89. The lowest BCUT2D eigenvalue weighted by molar-refractivity contribution is 0.0484. The van der Waals surface area contributed by atoms with Gasteiger partial charge < -0.3 is 5.11 Å². The molecule has 0 saturated heterocycles. The number of aliphatic hydroxyl groups excluding tert-OH is 1. The normalized spacial score (nSPS) is 13.5. The summed E-state index contributed by atoms with van der Waals surface area (Å²) >= 11 is 0. The van der Waals surface area contributed by atoms with E-state index in [1.54, 1.807) is 12.1 Å². The van der Waals surface area contributed by atoms with Crippen LogP contribution in [0.4, 0.5) is 4.39 Å². The highest BCUT2D eigenvalue weighted by Gasteiger charge is 2.23. The second-order valence-corrected chi connectivity index (χ2v) is 6.61. The molecule has 2 nitrogen and oxygen atoms in total. The van der Waals surface area contributed by atoms with Crippen molar-refractivity contribution in [1.29, 1.82) is 0 Å². The first-order valence-electron chi connectivity index (χ1n) is 8.89. The van der Waals surface area contributed by atoms with Gasteiger partial charge in [0.25, 0.3) is 0 Å². The Morgan fingerprint density at radius 2 is 1.23 bits per heavy atom. The number of benzene rings is 3. The van der Waals surface area contributed by atoms with Crippen molar-refractivity contribution in [2.24, 2.45) is 0 Å². The predicted octanol–water partition coefficient (Wildman–Crippen LogP) is 4.95. The van der Waals surface area contributed by atoms with Gasteiger partial charge in [0, 0.05) is 19.1 Å². The van der Waals surface area contributed by atoms with Crippen LogP contribution in [0.25, 0.3) is 0 Å². The van der Waals surface area contributed by atoms with Gasteiger partial charge >= 0.3 is 0 Å². The first kappa shape index (κ1) is 18.3. The van der Waals surface area contributed by atoms with E-state index in [-0.39, 0.29) is 11.9 Å². The van der Waals surface area contributed by atoms with Crippen LogP contribution in [0.5, 0.6) is 0 Å². The molecule has 1 N–H and O–H groups in total. The van der Waals surface area contributed by atoms with Crippen molar-refractivity contribution in [2.45, 2.75) is 32.2 Å². The van der Waals surface area contributed by atoms with Crippen molar-refractivity contribution >= 4 is 0 Å². The van der Waals surface area contributed by atoms with Gasteiger partial charge in [-0.05, 0) is 35.7 Å². The van der Waals surface area contributed by atoms with Gasteiger partial charge in [-0.15, -0.1) is 0 Å². The Morgan fingerprint density at radius 3 is 1.69 bits per heavy atom. The summed E-state index contributed by atoms with van der Waals surface area (Å²) in [4.78, 5) is 2.25. The van der Waals surface area contributed by atoms with Crippen LogP contribution in [-0.2, 0) is 13.1 Å². The Balaban J connectivity index is 1.82. The molecule has 0 amide bonds. The average Bonchev–Trinajstić information content (AvgIpc) is 2.68. The summed E-state index contributed by atoms with van der Waals surface area (Å²) in [5.74, 6) is -0.293. The van der Waals surface area contributed by atoms with Crippen LogP contribution in [0.2, 0.25) is 0 Å². The number of halogens is 1. The van der Waals surface area contributed by atoms with Gasteiger partial charge in [0.2, 0.25) is 0 Å². The molecule has 0 bridgehead atoms. The lowest BCUT2D eigenvalue weighted by atomic mass is 10.0. The highest BCUT2D eigenvalue weighted by Crippen LogP contribution is 2.24. The highest BCUT2D eigenvalue weighted by molar-refractivity contribution is 5.21. The number of hydrogen-bond acceptors (Lipinski definition) is 2. The van der Waals surface area contributed by atoms with Crippen LogP contribution in [0, 0.1) is 5.82 Å². The van der Waals surface area contributed by atoms with Crippen molar-refractivity contribution in [3.8, 4) is 0 Å². The van der Waals surface area contributed by atoms with E-state index in [0.29, 0.717) is 0 Å². The molecule has 26 heavy (non-hydrogen) atoms. The van der Waals surface area contributed by atoms with Crippen LogP contribution in [0.3, 0.4) is 0 Å². The van der Waals surface area contributed by atoms with E-state index >= 15 is 0 Å². The summed E-state index contributed by atoms with van der Waals surface area (Å²) in [5, 5.41) is 10.8. The second kappa shape index (κ2) is 8.75. The van der Waals surface area contributed by atoms with Crippen LogP contribution >= 0.6 is 0 Å². The van der Waals surface area contributed by atoms with E-state index in [0.717, 1.165) is 18.7 Å². The summed E-state index contributed by atoms with van der Waals surface area (Å²) in [7, 11) is 0. The SMILES string of the molecule is CC(C(O)c1ccc(F)cc1)N(Cc1ccccc1)Cc1ccccc1. The third-order valence-electron chi connectivity index (χ3n) is 4.70. The topological polar surface area (TPSA) is 23.5 Å². The minimum absolute atomic E-state index is 0.124. The smallest absolute Gasteiger partial charge is 0.123 e. The molecule has 3 aromatic rings. The minimum Gasteiger partial charge on any atom is -0.387 e. The van der Waals surface area contributed by atoms with Crippen molar-refractivity contribution < 1.29 is 9.50 Å². The molecule has 2 atom stereocenters. The predicted molar refractivity (Wildman–Crippen MR) is 103 cm³/mol. The maximum absolute atomic E-state index is 13.2. The summed E-state index contributed by atoms with van der Waals surface area (Å²) in [5.41, 5.74) is 3.12. The third kappa shape index (κ3) is 4.78. The maximum atomic E-state index is 13.2. The van der Waals surface area contributed by atoms with Gasteiger partial charge in [0.15, 0.2) is 0 Å². The van der Waals surface area contributed by atoms with E-state index in [1.807, 2.05) is 43.3 Å². The van der Waals surface area contributed by atoms with E-state index in [1.165, 1.54) is 23.3 Å². The molecular formula is C23H24FNO. The van der Waals surface area contributed by atoms with Crippen LogP contribution in [0.1, 0.15) is 29.7 Å². The molecule has 0 fully saturated rings. The van der Waals surface area contributed by atoms with Gasteiger partial charge in [0.05, 0.1) is 6.10 Å². The Morgan fingerprint density at radius 1 is 0.769 bits per heavy atom. The van der Waals surface area contributed by atoms with Crippen molar-refractivity contribution in [3.05, 3.63) is 107 Å². The second-order valence-electron chi connectivity index (χ2n) is 6.61. The monoisotopic (exact) mass is 349 g/mol. The molecule has 3 aromatic carbocycles. The molecule has 0 radical (unpaired) electrons. The van der Waals surface area contributed by atoms with Gasteiger partial charge in [-0.25, -0.2) is 4.39 Å². The van der Waals surface area contributed by atoms with Crippen LogP contribution in [-0.4, -0.2) is 16.0 Å². The van der Waals surface area contributed by atoms with Crippen molar-refractivity contribution in [3.63, 3.8) is 0 Å². The molecule has 3 rings (SSSR count). The lowest BCUT2D eigenvalue weighted by Gasteiger charge is -2.33. The largest absolute Gasteiger partial charge is 0.387 e. The van der Waals surface area contributed by atoms with E-state index in [2.05, 4.69) is 29.2 Å². The zero-order valence-electron chi connectivity index (χ0n) is 14.9. The molecule has 2 unspecified atom stereocenters. The number of nitrogens with zero attached hydrogens (tertiary/aromatic N) is 1. The zero-order chi connectivity index (χ0) is 18.4. The quantitative estimate of drug-likeness (QED) is 0.652. The fourth-order valence-electron chi connectivity index (χ4n) is 3.12. The Labute approximate surface area is 154 Å². The number of hydrogen-bond donors (Lipinski definition) is 1. The first-order chi connectivity index (χ1) is 12.6. The Kier molecular flexibility index (Phi) is 6.16. The molecule has 0 heterocycles. The van der Waals surface area contributed by atoms with Crippen LogP contribution < -0.4 is 0 Å². The van der Waals surface area contributed by atoms with Gasteiger partial charge in [-0.3, -0.25) is 4.90 Å². The molecule has 134 valence electrons. The number of aliphatic hydroxyl groups is 1. The zero-order valence-corrected chi connectivity index (χ0v) is 14.9. The molecular weight excluding hydrogens is 325 g/mol. The molecule has 0 aliphatic carbocycles. The molecule has 0 aromatic heterocycles. The summed E-state index contributed by atoms with van der Waals surface area (Å²) < 4.78 is 13.2.